The Morgan fingerprint density at radius 1 is 1.17 bits per heavy atom. The Hall–Kier alpha value is -3.27. The molecule has 0 saturated carbocycles. The van der Waals surface area contributed by atoms with Crippen LogP contribution in [0.1, 0.15) is 5.56 Å². The Morgan fingerprint density at radius 3 is 2.67 bits per heavy atom. The van der Waals surface area contributed by atoms with E-state index >= 15 is 0 Å². The summed E-state index contributed by atoms with van der Waals surface area (Å²) in [6.07, 6.45) is 3.41. The molecule has 30 heavy (non-hydrogen) atoms. The SMILES string of the molecule is Cn1cc(-c2cc(CNS(=O)O)ccc2Oc2ccc(F)cc2)c2cc[nH]c2c1=O. The Morgan fingerprint density at radius 2 is 1.93 bits per heavy atom. The second-order valence-electron chi connectivity index (χ2n) is 6.68. The predicted molar refractivity (Wildman–Crippen MR) is 113 cm³/mol. The van der Waals surface area contributed by atoms with Crippen molar-refractivity contribution in [3.05, 3.63) is 82.7 Å². The van der Waals surface area contributed by atoms with Gasteiger partial charge >= 0.3 is 0 Å². The third kappa shape index (κ3) is 4.04. The molecule has 0 saturated heterocycles. The van der Waals surface area contributed by atoms with Gasteiger partial charge in [-0.2, -0.15) is 0 Å². The van der Waals surface area contributed by atoms with Crippen molar-refractivity contribution >= 4 is 22.2 Å². The maximum atomic E-state index is 13.3. The Kier molecular flexibility index (Phi) is 5.49. The molecule has 4 aromatic rings. The van der Waals surface area contributed by atoms with Crippen LogP contribution in [0.5, 0.6) is 11.5 Å². The fourth-order valence-electron chi connectivity index (χ4n) is 3.24. The van der Waals surface area contributed by atoms with Crippen LogP contribution in [-0.2, 0) is 24.9 Å². The normalized spacial score (nSPS) is 12.2. The quantitative estimate of drug-likeness (QED) is 0.409. The molecular weight excluding hydrogens is 409 g/mol. The third-order valence-electron chi connectivity index (χ3n) is 4.67. The Bertz CT molecular complexity index is 1300. The van der Waals surface area contributed by atoms with E-state index in [1.165, 1.54) is 28.8 Å². The molecule has 4 rings (SSSR count). The predicted octanol–water partition coefficient (Wildman–Crippen LogP) is 3.69. The number of benzene rings is 2. The molecule has 0 radical (unpaired) electrons. The second-order valence-corrected chi connectivity index (χ2v) is 7.47. The van der Waals surface area contributed by atoms with Gasteiger partial charge in [0.25, 0.3) is 5.56 Å². The molecule has 0 aliphatic carbocycles. The zero-order valence-corrected chi connectivity index (χ0v) is 16.7. The largest absolute Gasteiger partial charge is 0.457 e. The molecule has 0 bridgehead atoms. The van der Waals surface area contributed by atoms with Gasteiger partial charge in [0.2, 0.25) is 11.3 Å². The number of halogens is 1. The summed E-state index contributed by atoms with van der Waals surface area (Å²) in [5.41, 5.74) is 2.48. The molecule has 1 atom stereocenters. The van der Waals surface area contributed by atoms with Crippen molar-refractivity contribution in [1.29, 1.82) is 0 Å². The van der Waals surface area contributed by atoms with E-state index in [9.17, 15) is 13.4 Å². The average Bonchev–Trinajstić information content (AvgIpc) is 3.22. The van der Waals surface area contributed by atoms with Crippen LogP contribution in [-0.4, -0.2) is 18.3 Å². The van der Waals surface area contributed by atoms with Crippen molar-refractivity contribution in [1.82, 2.24) is 14.3 Å². The minimum atomic E-state index is -2.15. The van der Waals surface area contributed by atoms with Crippen LogP contribution in [0.3, 0.4) is 0 Å². The first kappa shape index (κ1) is 20.0. The highest BCUT2D eigenvalue weighted by Crippen LogP contribution is 2.37. The van der Waals surface area contributed by atoms with Crippen LogP contribution in [0.2, 0.25) is 0 Å². The molecule has 9 heteroatoms. The lowest BCUT2D eigenvalue weighted by Gasteiger charge is -2.15. The summed E-state index contributed by atoms with van der Waals surface area (Å²) in [4.78, 5) is 15.4. The van der Waals surface area contributed by atoms with E-state index in [-0.39, 0.29) is 17.9 Å². The monoisotopic (exact) mass is 427 g/mol. The van der Waals surface area contributed by atoms with Gasteiger partial charge in [-0.15, -0.1) is 0 Å². The van der Waals surface area contributed by atoms with E-state index in [1.54, 1.807) is 37.6 Å². The number of aryl methyl sites for hydroxylation is 1. The second kappa shape index (κ2) is 8.23. The van der Waals surface area contributed by atoms with E-state index in [0.717, 1.165) is 16.5 Å². The highest BCUT2D eigenvalue weighted by Gasteiger charge is 2.16. The maximum Gasteiger partial charge on any atom is 0.274 e. The molecule has 2 aromatic carbocycles. The van der Waals surface area contributed by atoms with Gasteiger partial charge in [-0.3, -0.25) is 9.35 Å². The lowest BCUT2D eigenvalue weighted by molar-refractivity contribution is 0.482. The highest BCUT2D eigenvalue weighted by atomic mass is 32.2. The lowest BCUT2D eigenvalue weighted by Crippen LogP contribution is -2.17. The smallest absolute Gasteiger partial charge is 0.274 e. The van der Waals surface area contributed by atoms with Crippen LogP contribution in [0.4, 0.5) is 4.39 Å². The van der Waals surface area contributed by atoms with Crippen LogP contribution < -0.4 is 15.0 Å². The summed E-state index contributed by atoms with van der Waals surface area (Å²) in [6.45, 7) is 0.162. The summed E-state index contributed by atoms with van der Waals surface area (Å²) in [5, 5.41) is 0.720. The zero-order chi connectivity index (χ0) is 21.3. The molecular formula is C21H18FN3O4S. The summed E-state index contributed by atoms with van der Waals surface area (Å²) >= 11 is -2.15. The number of H-pyrrole nitrogens is 1. The minimum Gasteiger partial charge on any atom is -0.457 e. The van der Waals surface area contributed by atoms with Gasteiger partial charge in [0.15, 0.2) is 0 Å². The Balaban J connectivity index is 1.87. The first-order chi connectivity index (χ1) is 14.4. The molecule has 2 heterocycles. The van der Waals surface area contributed by atoms with Gasteiger partial charge in [-0.05, 0) is 48.0 Å². The molecule has 0 fully saturated rings. The fraction of sp³-hybridized carbons (Fsp3) is 0.0952. The first-order valence-corrected chi connectivity index (χ1v) is 10.1. The molecule has 0 amide bonds. The van der Waals surface area contributed by atoms with Crippen molar-refractivity contribution in [3.63, 3.8) is 0 Å². The minimum absolute atomic E-state index is 0.159. The van der Waals surface area contributed by atoms with Gasteiger partial charge in [-0.1, -0.05) is 6.07 Å². The van der Waals surface area contributed by atoms with E-state index in [4.69, 9.17) is 9.29 Å². The highest BCUT2D eigenvalue weighted by molar-refractivity contribution is 7.77. The van der Waals surface area contributed by atoms with Crippen molar-refractivity contribution < 1.29 is 17.9 Å². The molecule has 0 aliphatic heterocycles. The summed E-state index contributed by atoms with van der Waals surface area (Å²) in [6, 6.07) is 12.8. The Labute approximate surface area is 173 Å². The van der Waals surface area contributed by atoms with E-state index in [2.05, 4.69) is 9.71 Å². The van der Waals surface area contributed by atoms with E-state index in [1.807, 2.05) is 6.07 Å². The zero-order valence-electron chi connectivity index (χ0n) is 15.9. The average molecular weight is 427 g/mol. The van der Waals surface area contributed by atoms with Crippen molar-refractivity contribution in [3.8, 4) is 22.6 Å². The number of hydrogen-bond acceptors (Lipinski definition) is 3. The van der Waals surface area contributed by atoms with Gasteiger partial charge < -0.3 is 14.3 Å². The standard InChI is InChI=1S/C21H18FN3O4S/c1-25-12-18(16-8-9-23-20(16)21(25)26)17-10-13(11-24-30(27)28)2-7-19(17)29-15-5-3-14(22)4-6-15/h2-10,12,23-24H,11H2,1H3,(H,27,28). The number of nitrogens with zero attached hydrogens (tertiary/aromatic N) is 1. The number of ether oxygens (including phenoxy) is 1. The fourth-order valence-corrected chi connectivity index (χ4v) is 3.54. The molecule has 2 aromatic heterocycles. The number of nitrogens with one attached hydrogen (secondary N) is 2. The molecule has 1 unspecified atom stereocenters. The third-order valence-corrected chi connectivity index (χ3v) is 5.06. The van der Waals surface area contributed by atoms with Gasteiger partial charge in [-0.25, -0.2) is 13.3 Å². The number of aromatic nitrogens is 2. The summed E-state index contributed by atoms with van der Waals surface area (Å²) < 4.78 is 43.2. The topological polar surface area (TPSA) is 96.3 Å². The number of pyridine rings is 1. The number of aromatic amines is 1. The van der Waals surface area contributed by atoms with Crippen LogP contribution >= 0.6 is 0 Å². The first-order valence-electron chi connectivity index (χ1n) is 9.00. The van der Waals surface area contributed by atoms with Gasteiger partial charge in [0.1, 0.15) is 22.8 Å². The molecule has 7 nitrogen and oxygen atoms in total. The van der Waals surface area contributed by atoms with E-state index < -0.39 is 11.3 Å². The number of fused-ring (bicyclic) bond motifs is 1. The molecule has 3 N–H and O–H groups in total. The van der Waals surface area contributed by atoms with Crippen molar-refractivity contribution in [2.24, 2.45) is 7.05 Å². The van der Waals surface area contributed by atoms with Gasteiger partial charge in [0.05, 0.1) is 0 Å². The van der Waals surface area contributed by atoms with Crippen LogP contribution in [0, 0.1) is 5.82 Å². The number of hydrogen-bond donors (Lipinski definition) is 3. The van der Waals surface area contributed by atoms with Crippen LogP contribution in [0.15, 0.2) is 65.7 Å². The van der Waals surface area contributed by atoms with Gasteiger partial charge in [0, 0.05) is 42.5 Å². The summed E-state index contributed by atoms with van der Waals surface area (Å²) in [7, 11) is 1.66. The molecule has 0 aliphatic rings. The van der Waals surface area contributed by atoms with E-state index in [0.29, 0.717) is 22.6 Å². The molecule has 0 spiro atoms. The van der Waals surface area contributed by atoms with Crippen LogP contribution in [0.25, 0.3) is 22.0 Å². The maximum absolute atomic E-state index is 13.3. The van der Waals surface area contributed by atoms with Crippen molar-refractivity contribution in [2.45, 2.75) is 6.54 Å². The molecule has 154 valence electrons. The number of rotatable bonds is 6. The summed E-state index contributed by atoms with van der Waals surface area (Å²) in [5.74, 6) is 0.583. The van der Waals surface area contributed by atoms with Crippen molar-refractivity contribution in [2.75, 3.05) is 0 Å². The lowest BCUT2D eigenvalue weighted by atomic mass is 10.0.